The van der Waals surface area contributed by atoms with Crippen LogP contribution in [0.2, 0.25) is 10.0 Å². The zero-order valence-corrected chi connectivity index (χ0v) is 17.2. The molecular weight excluding hydrogens is 425 g/mol. The van der Waals surface area contributed by atoms with E-state index < -0.39 is 5.91 Å². The maximum atomic E-state index is 12.5. The van der Waals surface area contributed by atoms with Gasteiger partial charge in [0, 0.05) is 6.20 Å². The van der Waals surface area contributed by atoms with Crippen LogP contribution in [0.25, 0.3) is 0 Å². The van der Waals surface area contributed by atoms with Crippen molar-refractivity contribution in [2.24, 2.45) is 0 Å². The van der Waals surface area contributed by atoms with Crippen molar-refractivity contribution in [2.75, 3.05) is 5.32 Å². The molecule has 0 aliphatic heterocycles. The molecule has 0 bridgehead atoms. The van der Waals surface area contributed by atoms with Crippen LogP contribution >= 0.6 is 23.2 Å². The fourth-order valence-electron chi connectivity index (χ4n) is 2.79. The zero-order chi connectivity index (χ0) is 20.9. The number of hydrogen-bond donors (Lipinski definition) is 1. The smallest absolute Gasteiger partial charge is 0.292 e. The van der Waals surface area contributed by atoms with E-state index >= 15 is 0 Å². The zero-order valence-electron chi connectivity index (χ0n) is 15.7. The van der Waals surface area contributed by atoms with Gasteiger partial charge in [-0.2, -0.15) is 5.10 Å². The number of nitrogens with one attached hydrogen (secondary N) is 1. The number of ether oxygens (including phenoxy) is 1. The lowest BCUT2D eigenvalue weighted by Crippen LogP contribution is -2.12. The Balaban J connectivity index is 1.38. The summed E-state index contributed by atoms with van der Waals surface area (Å²) in [6.45, 7) is 0.685. The van der Waals surface area contributed by atoms with E-state index in [9.17, 15) is 4.79 Å². The molecule has 6 nitrogen and oxygen atoms in total. The Bertz CT molecular complexity index is 1160. The lowest BCUT2D eigenvalue weighted by atomic mass is 10.2. The van der Waals surface area contributed by atoms with Gasteiger partial charge >= 0.3 is 0 Å². The predicted octanol–water partition coefficient (Wildman–Crippen LogP) is 5.66. The topological polar surface area (TPSA) is 69.3 Å². The van der Waals surface area contributed by atoms with E-state index in [1.807, 2.05) is 42.5 Å². The molecule has 0 atom stereocenters. The van der Waals surface area contributed by atoms with Crippen molar-refractivity contribution >= 4 is 34.9 Å². The average Bonchev–Trinajstić information content (AvgIpc) is 3.35. The second-order valence-corrected chi connectivity index (χ2v) is 7.26. The quantitative estimate of drug-likeness (QED) is 0.401. The third kappa shape index (κ3) is 4.84. The van der Waals surface area contributed by atoms with E-state index in [2.05, 4.69) is 10.4 Å². The molecule has 152 valence electrons. The highest BCUT2D eigenvalue weighted by Crippen LogP contribution is 2.25. The SMILES string of the molecule is O=C(Nc1nn(Cc2ccccc2)cc1Cl)c1ccc(COc2ccccc2Cl)o1. The molecule has 4 aromatic rings. The number of para-hydroxylation sites is 1. The number of benzene rings is 2. The summed E-state index contributed by atoms with van der Waals surface area (Å²) in [7, 11) is 0. The van der Waals surface area contributed by atoms with E-state index in [4.69, 9.17) is 32.4 Å². The van der Waals surface area contributed by atoms with Crippen LogP contribution in [-0.2, 0) is 13.2 Å². The first kappa shape index (κ1) is 20.1. The first-order chi connectivity index (χ1) is 14.6. The maximum absolute atomic E-state index is 12.5. The van der Waals surface area contributed by atoms with Crippen LogP contribution in [-0.4, -0.2) is 15.7 Å². The second kappa shape index (κ2) is 9.07. The number of halogens is 2. The van der Waals surface area contributed by atoms with Gasteiger partial charge in [0.1, 0.15) is 23.1 Å². The Hall–Kier alpha value is -3.22. The number of aromatic nitrogens is 2. The summed E-state index contributed by atoms with van der Waals surface area (Å²) in [4.78, 5) is 12.5. The van der Waals surface area contributed by atoms with Crippen LogP contribution in [0, 0.1) is 0 Å². The minimum atomic E-state index is -0.453. The number of hydrogen-bond acceptors (Lipinski definition) is 4. The normalized spacial score (nSPS) is 10.7. The highest BCUT2D eigenvalue weighted by Gasteiger charge is 2.16. The van der Waals surface area contributed by atoms with E-state index in [0.717, 1.165) is 5.56 Å². The molecule has 0 spiro atoms. The van der Waals surface area contributed by atoms with Crippen molar-refractivity contribution in [3.05, 3.63) is 100 Å². The summed E-state index contributed by atoms with van der Waals surface area (Å²) in [6.07, 6.45) is 1.66. The standard InChI is InChI=1S/C22H17Cl2N3O3/c23-17-8-4-5-9-19(17)29-14-16-10-11-20(30-16)22(28)25-21-18(24)13-27(26-21)12-15-6-2-1-3-7-15/h1-11,13H,12,14H2,(H,25,26,28). The molecule has 0 unspecified atom stereocenters. The Morgan fingerprint density at radius 1 is 1.00 bits per heavy atom. The first-order valence-electron chi connectivity index (χ1n) is 9.13. The van der Waals surface area contributed by atoms with Gasteiger partial charge in [0.25, 0.3) is 5.91 Å². The average molecular weight is 442 g/mol. The van der Waals surface area contributed by atoms with Crippen LogP contribution < -0.4 is 10.1 Å². The van der Waals surface area contributed by atoms with Gasteiger partial charge in [-0.1, -0.05) is 65.7 Å². The summed E-state index contributed by atoms with van der Waals surface area (Å²) < 4.78 is 12.8. The highest BCUT2D eigenvalue weighted by atomic mass is 35.5. The lowest BCUT2D eigenvalue weighted by Gasteiger charge is -2.05. The van der Waals surface area contributed by atoms with Gasteiger partial charge in [-0.05, 0) is 29.8 Å². The fraction of sp³-hybridized carbons (Fsp3) is 0.0909. The molecule has 0 aliphatic carbocycles. The summed E-state index contributed by atoms with van der Waals surface area (Å²) in [5, 5.41) is 7.85. The molecule has 0 saturated carbocycles. The predicted molar refractivity (Wildman–Crippen MR) is 115 cm³/mol. The van der Waals surface area contributed by atoms with Gasteiger partial charge in [-0.3, -0.25) is 9.48 Å². The number of anilines is 1. The molecule has 4 rings (SSSR count). The van der Waals surface area contributed by atoms with Crippen molar-refractivity contribution < 1.29 is 13.9 Å². The lowest BCUT2D eigenvalue weighted by molar-refractivity contribution is 0.0992. The second-order valence-electron chi connectivity index (χ2n) is 6.45. The van der Waals surface area contributed by atoms with Crippen molar-refractivity contribution in [3.63, 3.8) is 0 Å². The first-order valence-corrected chi connectivity index (χ1v) is 9.88. The molecule has 1 amide bonds. The van der Waals surface area contributed by atoms with Crippen molar-refractivity contribution in [1.29, 1.82) is 0 Å². The van der Waals surface area contributed by atoms with Gasteiger partial charge in [0.2, 0.25) is 0 Å². The minimum absolute atomic E-state index is 0.126. The number of amides is 1. The molecule has 1 N–H and O–H groups in total. The molecule has 0 fully saturated rings. The Morgan fingerprint density at radius 2 is 1.77 bits per heavy atom. The number of furan rings is 1. The highest BCUT2D eigenvalue weighted by molar-refractivity contribution is 6.33. The van der Waals surface area contributed by atoms with Gasteiger partial charge in [-0.25, -0.2) is 0 Å². The van der Waals surface area contributed by atoms with Gasteiger partial charge in [0.05, 0.1) is 11.6 Å². The van der Waals surface area contributed by atoms with Crippen LogP contribution in [0.1, 0.15) is 21.9 Å². The van der Waals surface area contributed by atoms with Gasteiger partial charge in [0.15, 0.2) is 11.6 Å². The van der Waals surface area contributed by atoms with Gasteiger partial charge in [-0.15, -0.1) is 0 Å². The summed E-state index contributed by atoms with van der Waals surface area (Å²) in [6, 6.07) is 20.2. The molecular formula is C22H17Cl2N3O3. The van der Waals surface area contributed by atoms with E-state index in [0.29, 0.717) is 28.1 Å². The number of rotatable bonds is 7. The van der Waals surface area contributed by atoms with Crippen LogP contribution in [0.5, 0.6) is 5.75 Å². The van der Waals surface area contributed by atoms with Crippen molar-refractivity contribution in [3.8, 4) is 5.75 Å². The van der Waals surface area contributed by atoms with Crippen LogP contribution in [0.4, 0.5) is 5.82 Å². The Kier molecular flexibility index (Phi) is 6.07. The van der Waals surface area contributed by atoms with Crippen LogP contribution in [0.3, 0.4) is 0 Å². The fourth-order valence-corrected chi connectivity index (χ4v) is 3.18. The Labute approximate surface area is 183 Å². The molecule has 30 heavy (non-hydrogen) atoms. The molecule has 8 heteroatoms. The number of nitrogens with zero attached hydrogens (tertiary/aromatic N) is 2. The minimum Gasteiger partial charge on any atom is -0.484 e. The molecule has 0 saturated heterocycles. The van der Waals surface area contributed by atoms with E-state index in [1.54, 1.807) is 35.1 Å². The molecule has 2 aromatic heterocycles. The number of carbonyl (C=O) groups is 1. The molecule has 0 aliphatic rings. The summed E-state index contributed by atoms with van der Waals surface area (Å²) >= 11 is 12.3. The van der Waals surface area contributed by atoms with Crippen molar-refractivity contribution in [1.82, 2.24) is 9.78 Å². The van der Waals surface area contributed by atoms with E-state index in [-0.39, 0.29) is 18.2 Å². The Morgan fingerprint density at radius 3 is 2.57 bits per heavy atom. The molecule has 2 heterocycles. The summed E-state index contributed by atoms with van der Waals surface area (Å²) in [5.74, 6) is 0.966. The monoisotopic (exact) mass is 441 g/mol. The molecule has 2 aromatic carbocycles. The largest absolute Gasteiger partial charge is 0.484 e. The number of carbonyl (C=O) groups excluding carboxylic acids is 1. The molecule has 0 radical (unpaired) electrons. The van der Waals surface area contributed by atoms with Crippen LogP contribution in [0.15, 0.2) is 77.3 Å². The third-order valence-corrected chi connectivity index (χ3v) is 4.82. The maximum Gasteiger partial charge on any atom is 0.292 e. The van der Waals surface area contributed by atoms with Crippen molar-refractivity contribution in [2.45, 2.75) is 13.2 Å². The summed E-state index contributed by atoms with van der Waals surface area (Å²) in [5.41, 5.74) is 1.07. The van der Waals surface area contributed by atoms with E-state index in [1.165, 1.54) is 0 Å². The van der Waals surface area contributed by atoms with Gasteiger partial charge < -0.3 is 14.5 Å². The third-order valence-electron chi connectivity index (χ3n) is 4.23.